The summed E-state index contributed by atoms with van der Waals surface area (Å²) in [5.74, 6) is 1.06. The van der Waals surface area contributed by atoms with Gasteiger partial charge in [0.15, 0.2) is 11.6 Å². The van der Waals surface area contributed by atoms with E-state index in [9.17, 15) is 4.79 Å². The van der Waals surface area contributed by atoms with E-state index in [0.717, 1.165) is 32.7 Å². The zero-order valence-electron chi connectivity index (χ0n) is 16.0. The lowest BCUT2D eigenvalue weighted by Crippen LogP contribution is -2.05. The summed E-state index contributed by atoms with van der Waals surface area (Å²) in [4.78, 5) is 17.3. The van der Waals surface area contributed by atoms with Crippen molar-refractivity contribution in [3.63, 3.8) is 0 Å². The highest BCUT2D eigenvalue weighted by atomic mass is 79.9. The molecule has 4 aromatic rings. The van der Waals surface area contributed by atoms with Crippen LogP contribution in [0, 0.1) is 13.8 Å². The third-order valence-corrected chi connectivity index (χ3v) is 6.04. The molecule has 1 N–H and O–H groups in total. The van der Waals surface area contributed by atoms with Gasteiger partial charge in [-0.25, -0.2) is 4.98 Å². The number of benzene rings is 2. The Morgan fingerprint density at radius 1 is 1.10 bits per heavy atom. The Kier molecular flexibility index (Phi) is 5.69. The van der Waals surface area contributed by atoms with E-state index in [1.54, 1.807) is 0 Å². The number of carbonyl (C=O) groups is 1. The Hall–Kier alpha value is -2.64. The molecule has 0 saturated carbocycles. The summed E-state index contributed by atoms with van der Waals surface area (Å²) >= 11 is 4.80. The second kappa shape index (κ2) is 8.39. The Morgan fingerprint density at radius 3 is 2.55 bits per heavy atom. The summed E-state index contributed by atoms with van der Waals surface area (Å²) in [6.07, 6.45) is 0. The van der Waals surface area contributed by atoms with E-state index < -0.39 is 0 Å². The zero-order valence-corrected chi connectivity index (χ0v) is 18.4. The van der Waals surface area contributed by atoms with Crippen molar-refractivity contribution in [2.45, 2.75) is 19.0 Å². The van der Waals surface area contributed by atoms with Crippen molar-refractivity contribution in [2.24, 2.45) is 0 Å². The maximum absolute atomic E-state index is 12.9. The van der Waals surface area contributed by atoms with Crippen molar-refractivity contribution in [2.75, 3.05) is 5.75 Å². The largest absolute Gasteiger partial charge is 0.318 e. The van der Waals surface area contributed by atoms with Gasteiger partial charge in [-0.2, -0.15) is 0 Å². The van der Waals surface area contributed by atoms with E-state index in [1.165, 1.54) is 11.8 Å². The van der Waals surface area contributed by atoms with Crippen molar-refractivity contribution in [1.82, 2.24) is 19.7 Å². The van der Waals surface area contributed by atoms with Crippen LogP contribution in [0.15, 0.2) is 70.3 Å². The number of thioether (sulfide) groups is 1. The van der Waals surface area contributed by atoms with Gasteiger partial charge in [-0.1, -0.05) is 58.0 Å². The van der Waals surface area contributed by atoms with Crippen LogP contribution in [0.5, 0.6) is 0 Å². The number of aromatic nitrogens is 4. The normalized spacial score (nSPS) is 11.0. The average molecular weight is 467 g/mol. The molecular weight excluding hydrogens is 448 g/mol. The van der Waals surface area contributed by atoms with Gasteiger partial charge < -0.3 is 4.57 Å². The minimum Gasteiger partial charge on any atom is -0.318 e. The van der Waals surface area contributed by atoms with Crippen molar-refractivity contribution in [3.05, 3.63) is 82.1 Å². The number of hydrogen-bond donors (Lipinski definition) is 1. The molecule has 0 radical (unpaired) electrons. The van der Waals surface area contributed by atoms with Crippen molar-refractivity contribution in [3.8, 4) is 17.1 Å². The number of Topliss-reactive ketones (excluding diaryl/α,β-unsaturated/α-hetero) is 1. The summed E-state index contributed by atoms with van der Waals surface area (Å²) in [6, 6.07) is 19.8. The fraction of sp³-hybridized carbons (Fsp3) is 0.136. The lowest BCUT2D eigenvalue weighted by atomic mass is 10.2. The number of aryl methyl sites for hydroxylation is 1. The van der Waals surface area contributed by atoms with Gasteiger partial charge in [0.25, 0.3) is 0 Å². The predicted molar refractivity (Wildman–Crippen MR) is 120 cm³/mol. The van der Waals surface area contributed by atoms with Gasteiger partial charge >= 0.3 is 0 Å². The van der Waals surface area contributed by atoms with Crippen LogP contribution in [0.3, 0.4) is 0 Å². The van der Waals surface area contributed by atoms with Crippen LogP contribution in [0.1, 0.15) is 21.7 Å². The molecule has 2 heterocycles. The number of aromatic amines is 1. The highest BCUT2D eigenvalue weighted by Crippen LogP contribution is 2.25. The van der Waals surface area contributed by atoms with Crippen molar-refractivity contribution < 1.29 is 4.79 Å². The third kappa shape index (κ3) is 4.21. The van der Waals surface area contributed by atoms with Gasteiger partial charge in [-0.3, -0.25) is 9.89 Å². The molecule has 0 aliphatic rings. The molecule has 0 atom stereocenters. The van der Waals surface area contributed by atoms with Gasteiger partial charge in [-0.05, 0) is 44.2 Å². The van der Waals surface area contributed by atoms with Crippen LogP contribution >= 0.6 is 27.7 Å². The average Bonchev–Trinajstić information content (AvgIpc) is 3.32. The summed E-state index contributed by atoms with van der Waals surface area (Å²) in [5.41, 5.74) is 4.71. The highest BCUT2D eigenvalue weighted by Gasteiger charge is 2.18. The molecule has 5 nitrogen and oxygen atoms in total. The number of halogens is 1. The van der Waals surface area contributed by atoms with Gasteiger partial charge in [0.05, 0.1) is 5.75 Å². The minimum absolute atomic E-state index is 0.0672. The van der Waals surface area contributed by atoms with Crippen LogP contribution in [-0.2, 0) is 0 Å². The fourth-order valence-electron chi connectivity index (χ4n) is 3.28. The van der Waals surface area contributed by atoms with Gasteiger partial charge in [0.2, 0.25) is 5.16 Å². The first-order chi connectivity index (χ1) is 14.0. The first kappa shape index (κ1) is 19.7. The number of hydrogen-bond acceptors (Lipinski definition) is 4. The molecule has 4 rings (SSSR count). The molecule has 2 aromatic heterocycles. The van der Waals surface area contributed by atoms with E-state index in [0.29, 0.717) is 11.0 Å². The van der Waals surface area contributed by atoms with E-state index in [4.69, 9.17) is 0 Å². The number of rotatable bonds is 6. The molecule has 7 heteroatoms. The SMILES string of the molecule is Cc1cc(C(=O)CSc2n[nH]c(-c3ccccc3)n2)c(C)n1-c1ccc(Br)cc1. The fourth-order valence-corrected chi connectivity index (χ4v) is 4.22. The van der Waals surface area contributed by atoms with Gasteiger partial charge in [0.1, 0.15) is 0 Å². The van der Waals surface area contributed by atoms with E-state index >= 15 is 0 Å². The number of H-pyrrole nitrogens is 1. The predicted octanol–water partition coefficient (Wildman–Crippen LogP) is 5.62. The number of nitrogens with one attached hydrogen (secondary N) is 1. The Balaban J connectivity index is 1.49. The molecule has 0 aliphatic heterocycles. The lowest BCUT2D eigenvalue weighted by molar-refractivity contribution is 0.102. The van der Waals surface area contributed by atoms with Gasteiger partial charge in [0, 0.05) is 32.7 Å². The molecule has 0 fully saturated rings. The molecule has 0 aliphatic carbocycles. The van der Waals surface area contributed by atoms with E-state index in [2.05, 4.69) is 35.7 Å². The second-order valence-corrected chi connectivity index (χ2v) is 8.50. The van der Waals surface area contributed by atoms with Crippen LogP contribution in [-0.4, -0.2) is 31.3 Å². The Morgan fingerprint density at radius 2 is 1.83 bits per heavy atom. The van der Waals surface area contributed by atoms with Crippen LogP contribution < -0.4 is 0 Å². The maximum atomic E-state index is 12.9. The van der Waals surface area contributed by atoms with Crippen LogP contribution in [0.2, 0.25) is 0 Å². The molecule has 0 saturated heterocycles. The standard InChI is InChI=1S/C22H19BrN4OS/c1-14-12-19(15(2)27(14)18-10-8-17(23)9-11-18)20(28)13-29-22-24-21(25-26-22)16-6-4-3-5-7-16/h3-12H,13H2,1-2H3,(H,24,25,26). The molecule has 0 bridgehead atoms. The first-order valence-electron chi connectivity index (χ1n) is 9.11. The van der Waals surface area contributed by atoms with E-state index in [-0.39, 0.29) is 11.5 Å². The quantitative estimate of drug-likeness (QED) is 0.296. The lowest BCUT2D eigenvalue weighted by Gasteiger charge is -2.10. The summed E-state index contributed by atoms with van der Waals surface area (Å²) in [6.45, 7) is 3.99. The molecular formula is C22H19BrN4OS. The summed E-state index contributed by atoms with van der Waals surface area (Å²) < 4.78 is 3.13. The number of nitrogens with zero attached hydrogens (tertiary/aromatic N) is 3. The Bertz CT molecular complexity index is 1150. The molecule has 29 heavy (non-hydrogen) atoms. The van der Waals surface area contributed by atoms with Crippen molar-refractivity contribution in [1.29, 1.82) is 0 Å². The molecule has 2 aromatic carbocycles. The summed E-state index contributed by atoms with van der Waals surface area (Å²) in [7, 11) is 0. The zero-order chi connectivity index (χ0) is 20.4. The molecule has 146 valence electrons. The van der Waals surface area contributed by atoms with E-state index in [1.807, 2.05) is 74.5 Å². The smallest absolute Gasteiger partial charge is 0.209 e. The summed E-state index contributed by atoms with van der Waals surface area (Å²) in [5, 5.41) is 7.73. The Labute approximate surface area is 181 Å². The topological polar surface area (TPSA) is 63.6 Å². The maximum Gasteiger partial charge on any atom is 0.209 e. The number of ketones is 1. The van der Waals surface area contributed by atoms with Gasteiger partial charge in [-0.15, -0.1) is 5.10 Å². The minimum atomic E-state index is 0.0672. The molecule has 0 unspecified atom stereocenters. The second-order valence-electron chi connectivity index (χ2n) is 6.64. The molecule has 0 amide bonds. The third-order valence-electron chi connectivity index (χ3n) is 4.66. The monoisotopic (exact) mass is 466 g/mol. The molecule has 0 spiro atoms. The highest BCUT2D eigenvalue weighted by molar-refractivity contribution is 9.10. The first-order valence-corrected chi connectivity index (χ1v) is 10.9. The van der Waals surface area contributed by atoms with Crippen LogP contribution in [0.4, 0.5) is 0 Å². The van der Waals surface area contributed by atoms with Crippen LogP contribution in [0.25, 0.3) is 17.1 Å². The number of carbonyl (C=O) groups excluding carboxylic acids is 1. The van der Waals surface area contributed by atoms with Crippen molar-refractivity contribution >= 4 is 33.5 Å².